The van der Waals surface area contributed by atoms with Gasteiger partial charge in [0.25, 0.3) is 0 Å². The number of allylic oxidation sites excluding steroid dienone is 1. The molecule has 0 bridgehead atoms. The Labute approximate surface area is 128 Å². The monoisotopic (exact) mass is 295 g/mol. The summed E-state index contributed by atoms with van der Waals surface area (Å²) in [5.74, 6) is -0.0436. The van der Waals surface area contributed by atoms with Crippen LogP contribution in [-0.4, -0.2) is 21.5 Å². The molecule has 1 aliphatic rings. The first-order valence-electron chi connectivity index (χ1n) is 7.18. The number of aryl methyl sites for hydroxylation is 1. The largest absolute Gasteiger partial charge is 0.326 e. The Morgan fingerprint density at radius 2 is 2.00 bits per heavy atom. The molecule has 1 heterocycles. The standard InChI is InChI=1S/C17H17N3O2/c1-11(21)19-14-6-3-12(4-7-14)9-13-5-8-16-15(17(13)22)10-18-20(16)2/h3-4,6-7,9-10H,5,8H2,1-2H3,(H,19,21)/b13-9-. The van der Waals surface area contributed by atoms with Gasteiger partial charge in [0.2, 0.25) is 5.91 Å². The van der Waals surface area contributed by atoms with Crippen molar-refractivity contribution in [3.05, 3.63) is 52.9 Å². The molecule has 22 heavy (non-hydrogen) atoms. The fourth-order valence-corrected chi connectivity index (χ4v) is 2.69. The predicted molar refractivity (Wildman–Crippen MR) is 84.6 cm³/mol. The van der Waals surface area contributed by atoms with E-state index in [1.807, 2.05) is 37.4 Å². The van der Waals surface area contributed by atoms with Gasteiger partial charge in [0.15, 0.2) is 5.78 Å². The molecule has 0 aliphatic heterocycles. The number of hydrogen-bond donors (Lipinski definition) is 1. The molecule has 0 saturated heterocycles. The number of Topliss-reactive ketones (excluding diaryl/α,β-unsaturated/α-hetero) is 1. The zero-order valence-corrected chi connectivity index (χ0v) is 12.6. The van der Waals surface area contributed by atoms with Crippen LogP contribution >= 0.6 is 0 Å². The zero-order chi connectivity index (χ0) is 15.7. The van der Waals surface area contributed by atoms with E-state index in [4.69, 9.17) is 0 Å². The third-order valence-electron chi connectivity index (χ3n) is 3.80. The number of ketones is 1. The number of carbonyl (C=O) groups is 2. The molecule has 112 valence electrons. The van der Waals surface area contributed by atoms with E-state index < -0.39 is 0 Å². The van der Waals surface area contributed by atoms with Crippen molar-refractivity contribution in [1.29, 1.82) is 0 Å². The lowest BCUT2D eigenvalue weighted by atomic mass is 9.90. The number of aromatic nitrogens is 2. The molecule has 1 aromatic heterocycles. The van der Waals surface area contributed by atoms with Crippen molar-refractivity contribution in [1.82, 2.24) is 9.78 Å². The van der Waals surface area contributed by atoms with Crippen LogP contribution in [-0.2, 0) is 18.3 Å². The first kappa shape index (κ1) is 14.3. The van der Waals surface area contributed by atoms with Gasteiger partial charge in [0.05, 0.1) is 11.8 Å². The Bertz CT molecular complexity index is 770. The molecule has 0 saturated carbocycles. The molecule has 5 heteroatoms. The number of rotatable bonds is 2. The summed E-state index contributed by atoms with van der Waals surface area (Å²) in [5.41, 5.74) is 4.20. The molecule has 0 fully saturated rings. The number of anilines is 1. The highest BCUT2D eigenvalue weighted by Gasteiger charge is 2.24. The summed E-state index contributed by atoms with van der Waals surface area (Å²) in [5, 5.41) is 6.88. The fraction of sp³-hybridized carbons (Fsp3) is 0.235. The third-order valence-corrected chi connectivity index (χ3v) is 3.80. The molecule has 0 atom stereocenters. The van der Waals surface area contributed by atoms with E-state index in [0.717, 1.165) is 35.4 Å². The van der Waals surface area contributed by atoms with Crippen LogP contribution in [0.5, 0.6) is 0 Å². The first-order chi connectivity index (χ1) is 10.5. The molecular weight excluding hydrogens is 278 g/mol. The van der Waals surface area contributed by atoms with Crippen molar-refractivity contribution in [2.24, 2.45) is 7.05 Å². The SMILES string of the molecule is CC(=O)Nc1ccc(/C=C2/CCc3c(cnn3C)C2=O)cc1. The van der Waals surface area contributed by atoms with E-state index in [9.17, 15) is 9.59 Å². The van der Waals surface area contributed by atoms with Gasteiger partial charge in [-0.05, 0) is 36.6 Å². The average Bonchev–Trinajstić information content (AvgIpc) is 2.86. The van der Waals surface area contributed by atoms with Crippen molar-refractivity contribution in [3.8, 4) is 0 Å². The Balaban J connectivity index is 1.84. The number of nitrogens with zero attached hydrogens (tertiary/aromatic N) is 2. The Hall–Kier alpha value is -2.69. The highest BCUT2D eigenvalue weighted by molar-refractivity contribution is 6.12. The fourth-order valence-electron chi connectivity index (χ4n) is 2.69. The van der Waals surface area contributed by atoms with Crippen LogP contribution < -0.4 is 5.32 Å². The number of benzene rings is 1. The second-order valence-electron chi connectivity index (χ2n) is 5.43. The van der Waals surface area contributed by atoms with Crippen LogP contribution in [0.4, 0.5) is 5.69 Å². The normalized spacial score (nSPS) is 15.7. The van der Waals surface area contributed by atoms with Crippen molar-refractivity contribution < 1.29 is 9.59 Å². The van der Waals surface area contributed by atoms with Gasteiger partial charge in [0, 0.05) is 30.9 Å². The second kappa shape index (κ2) is 5.60. The van der Waals surface area contributed by atoms with Crippen molar-refractivity contribution in [3.63, 3.8) is 0 Å². The maximum Gasteiger partial charge on any atom is 0.221 e. The predicted octanol–water partition coefficient (Wildman–Crippen LogP) is 2.59. The Morgan fingerprint density at radius 3 is 2.68 bits per heavy atom. The van der Waals surface area contributed by atoms with Crippen molar-refractivity contribution in [2.45, 2.75) is 19.8 Å². The number of amides is 1. The summed E-state index contributed by atoms with van der Waals surface area (Å²) in [6.07, 6.45) is 5.10. The third kappa shape index (κ3) is 2.70. The minimum absolute atomic E-state index is 0.0558. The Morgan fingerprint density at radius 1 is 1.27 bits per heavy atom. The molecule has 5 nitrogen and oxygen atoms in total. The molecule has 2 aromatic rings. The number of hydrogen-bond acceptors (Lipinski definition) is 3. The number of carbonyl (C=O) groups excluding carboxylic acids is 2. The summed E-state index contributed by atoms with van der Waals surface area (Å²) in [4.78, 5) is 23.5. The van der Waals surface area contributed by atoms with E-state index in [-0.39, 0.29) is 11.7 Å². The smallest absolute Gasteiger partial charge is 0.221 e. The summed E-state index contributed by atoms with van der Waals surface area (Å²) >= 11 is 0. The minimum Gasteiger partial charge on any atom is -0.326 e. The van der Waals surface area contributed by atoms with E-state index >= 15 is 0 Å². The van der Waals surface area contributed by atoms with Gasteiger partial charge in [-0.1, -0.05) is 12.1 Å². The molecule has 0 unspecified atom stereocenters. The molecule has 1 aliphatic carbocycles. The highest BCUT2D eigenvalue weighted by atomic mass is 16.1. The van der Waals surface area contributed by atoms with Gasteiger partial charge in [0.1, 0.15) is 0 Å². The molecule has 3 rings (SSSR count). The molecule has 0 radical (unpaired) electrons. The molecule has 1 amide bonds. The van der Waals surface area contributed by atoms with Crippen LogP contribution in [0, 0.1) is 0 Å². The molecule has 0 spiro atoms. The van der Waals surface area contributed by atoms with Gasteiger partial charge < -0.3 is 5.32 Å². The van der Waals surface area contributed by atoms with Gasteiger partial charge >= 0.3 is 0 Å². The van der Waals surface area contributed by atoms with E-state index in [1.165, 1.54) is 6.92 Å². The van der Waals surface area contributed by atoms with Crippen LogP contribution in [0.25, 0.3) is 6.08 Å². The van der Waals surface area contributed by atoms with Crippen LogP contribution in [0.3, 0.4) is 0 Å². The lowest BCUT2D eigenvalue weighted by Gasteiger charge is -2.14. The molecule has 1 N–H and O–H groups in total. The van der Waals surface area contributed by atoms with Crippen molar-refractivity contribution >= 4 is 23.5 Å². The molecular formula is C17H17N3O2. The summed E-state index contributed by atoms with van der Waals surface area (Å²) in [6, 6.07) is 7.45. The van der Waals surface area contributed by atoms with E-state index in [2.05, 4.69) is 10.4 Å². The summed E-state index contributed by atoms with van der Waals surface area (Å²) in [7, 11) is 1.86. The van der Waals surface area contributed by atoms with E-state index in [0.29, 0.717) is 5.56 Å². The van der Waals surface area contributed by atoms with Gasteiger partial charge in [-0.2, -0.15) is 5.10 Å². The van der Waals surface area contributed by atoms with Crippen LogP contribution in [0.2, 0.25) is 0 Å². The zero-order valence-electron chi connectivity index (χ0n) is 12.6. The van der Waals surface area contributed by atoms with Crippen LogP contribution in [0.1, 0.15) is 35.0 Å². The van der Waals surface area contributed by atoms with Crippen LogP contribution in [0.15, 0.2) is 36.0 Å². The average molecular weight is 295 g/mol. The number of fused-ring (bicyclic) bond motifs is 1. The van der Waals surface area contributed by atoms with E-state index in [1.54, 1.807) is 10.9 Å². The first-order valence-corrected chi connectivity index (χ1v) is 7.18. The lowest BCUT2D eigenvalue weighted by Crippen LogP contribution is -2.14. The maximum absolute atomic E-state index is 12.5. The minimum atomic E-state index is -0.0994. The van der Waals surface area contributed by atoms with Gasteiger partial charge in [-0.15, -0.1) is 0 Å². The maximum atomic E-state index is 12.5. The second-order valence-corrected chi connectivity index (χ2v) is 5.43. The topological polar surface area (TPSA) is 64.0 Å². The molecule has 1 aromatic carbocycles. The quantitative estimate of drug-likeness (QED) is 0.866. The highest BCUT2D eigenvalue weighted by Crippen LogP contribution is 2.26. The van der Waals surface area contributed by atoms with Gasteiger partial charge in [-0.3, -0.25) is 14.3 Å². The summed E-state index contributed by atoms with van der Waals surface area (Å²) < 4.78 is 1.77. The summed E-state index contributed by atoms with van der Waals surface area (Å²) in [6.45, 7) is 1.47. The lowest BCUT2D eigenvalue weighted by molar-refractivity contribution is -0.114. The van der Waals surface area contributed by atoms with Gasteiger partial charge in [-0.25, -0.2) is 0 Å². The number of nitrogens with one attached hydrogen (secondary N) is 1. The van der Waals surface area contributed by atoms with Crippen molar-refractivity contribution in [2.75, 3.05) is 5.32 Å². The Kier molecular flexibility index (Phi) is 3.63.